The zero-order valence-electron chi connectivity index (χ0n) is 10.6. The average Bonchev–Trinajstić information content (AvgIpc) is 2.66. The van der Waals surface area contributed by atoms with Crippen molar-refractivity contribution in [3.8, 4) is 0 Å². The topological polar surface area (TPSA) is 60.0 Å². The van der Waals surface area contributed by atoms with Gasteiger partial charge in [0.05, 0.1) is 5.69 Å². The summed E-state index contributed by atoms with van der Waals surface area (Å²) < 4.78 is 1.74. The van der Waals surface area contributed by atoms with Gasteiger partial charge in [-0.25, -0.2) is 0 Å². The quantitative estimate of drug-likeness (QED) is 0.744. The van der Waals surface area contributed by atoms with Crippen LogP contribution in [0.5, 0.6) is 0 Å². The lowest BCUT2D eigenvalue weighted by Crippen LogP contribution is -2.37. The highest BCUT2D eigenvalue weighted by molar-refractivity contribution is 4.92. The molecule has 0 spiro atoms. The zero-order chi connectivity index (χ0) is 12.0. The van der Waals surface area contributed by atoms with E-state index in [1.54, 1.807) is 4.68 Å². The van der Waals surface area contributed by atoms with Crippen LogP contribution in [0.1, 0.15) is 32.4 Å². The van der Waals surface area contributed by atoms with Gasteiger partial charge in [0.2, 0.25) is 0 Å². The molecule has 0 saturated carbocycles. The van der Waals surface area contributed by atoms with Crippen LogP contribution in [0.2, 0.25) is 0 Å². The number of nitrogens with zero attached hydrogens (tertiary/aromatic N) is 4. The van der Waals surface area contributed by atoms with Gasteiger partial charge in [0.25, 0.3) is 0 Å². The largest absolute Gasteiger partial charge is 0.329 e. The van der Waals surface area contributed by atoms with Crippen molar-refractivity contribution in [2.75, 3.05) is 13.1 Å². The lowest BCUT2D eigenvalue weighted by atomic mass is 10.1. The molecule has 0 aliphatic carbocycles. The molecule has 0 bridgehead atoms. The van der Waals surface area contributed by atoms with Gasteiger partial charge in [0.1, 0.15) is 0 Å². The lowest BCUT2D eigenvalue weighted by Gasteiger charge is -2.29. The maximum absolute atomic E-state index is 5.65. The van der Waals surface area contributed by atoms with E-state index < -0.39 is 0 Å². The minimum absolute atomic E-state index is 0.588. The van der Waals surface area contributed by atoms with E-state index in [1.165, 1.54) is 0 Å². The Morgan fingerprint density at radius 1 is 1.44 bits per heavy atom. The van der Waals surface area contributed by atoms with Crippen LogP contribution < -0.4 is 5.73 Å². The molecule has 0 amide bonds. The third-order valence-corrected chi connectivity index (χ3v) is 2.89. The molecular formula is C11H23N5. The van der Waals surface area contributed by atoms with Gasteiger partial charge < -0.3 is 5.73 Å². The molecular weight excluding hydrogens is 202 g/mol. The summed E-state index contributed by atoms with van der Waals surface area (Å²) in [6.07, 6.45) is 4.26. The van der Waals surface area contributed by atoms with E-state index in [4.69, 9.17) is 5.73 Å². The van der Waals surface area contributed by atoms with Gasteiger partial charge in [0.15, 0.2) is 0 Å². The second-order valence-corrected chi connectivity index (χ2v) is 4.11. The highest BCUT2D eigenvalue weighted by Crippen LogP contribution is 2.11. The van der Waals surface area contributed by atoms with E-state index in [2.05, 4.69) is 29.1 Å². The number of aromatic nitrogens is 3. The molecule has 0 aliphatic heterocycles. The van der Waals surface area contributed by atoms with E-state index in [0.29, 0.717) is 12.6 Å². The third kappa shape index (κ3) is 3.57. The summed E-state index contributed by atoms with van der Waals surface area (Å²) in [5, 5.41) is 8.07. The van der Waals surface area contributed by atoms with Crippen molar-refractivity contribution < 1.29 is 0 Å². The Balaban J connectivity index is 2.63. The average molecular weight is 225 g/mol. The fraction of sp³-hybridized carbons (Fsp3) is 0.818. The molecule has 0 saturated heterocycles. The first-order chi connectivity index (χ1) is 7.71. The van der Waals surface area contributed by atoms with Crippen molar-refractivity contribution >= 4 is 0 Å². The van der Waals surface area contributed by atoms with Gasteiger partial charge in [-0.15, -0.1) is 5.10 Å². The molecule has 5 heteroatoms. The molecule has 5 nitrogen and oxygen atoms in total. The maximum Gasteiger partial charge on any atom is 0.0967 e. The van der Waals surface area contributed by atoms with Crippen molar-refractivity contribution in [2.24, 2.45) is 12.8 Å². The van der Waals surface area contributed by atoms with E-state index in [9.17, 15) is 0 Å². The first-order valence-electron chi connectivity index (χ1n) is 6.00. The first kappa shape index (κ1) is 13.1. The lowest BCUT2D eigenvalue weighted by molar-refractivity contribution is 0.180. The van der Waals surface area contributed by atoms with Gasteiger partial charge in [0, 0.05) is 38.9 Å². The van der Waals surface area contributed by atoms with E-state index in [1.807, 2.05) is 13.2 Å². The summed E-state index contributed by atoms with van der Waals surface area (Å²) in [6.45, 7) is 6.89. The number of aryl methyl sites for hydroxylation is 1. The molecule has 0 radical (unpaired) electrons. The standard InChI is InChI=1S/C11H23N5/c1-4-11(5-2)16(7-6-12)9-10-8-15(3)14-13-10/h8,11H,4-7,9,12H2,1-3H3. The molecule has 1 rings (SSSR count). The minimum Gasteiger partial charge on any atom is -0.329 e. The SMILES string of the molecule is CCC(CC)N(CCN)Cc1cn(C)nn1. The van der Waals surface area contributed by atoms with E-state index in [0.717, 1.165) is 31.6 Å². The van der Waals surface area contributed by atoms with Crippen LogP contribution in [0.15, 0.2) is 6.20 Å². The third-order valence-electron chi connectivity index (χ3n) is 2.89. The van der Waals surface area contributed by atoms with Crippen LogP contribution in [0, 0.1) is 0 Å². The van der Waals surface area contributed by atoms with Gasteiger partial charge in [-0.2, -0.15) is 0 Å². The van der Waals surface area contributed by atoms with Gasteiger partial charge in [-0.3, -0.25) is 9.58 Å². The summed E-state index contributed by atoms with van der Waals surface area (Å²) in [6, 6.07) is 0.588. The summed E-state index contributed by atoms with van der Waals surface area (Å²) >= 11 is 0. The summed E-state index contributed by atoms with van der Waals surface area (Å²) in [5.41, 5.74) is 6.67. The predicted molar refractivity (Wildman–Crippen MR) is 64.8 cm³/mol. The molecule has 0 fully saturated rings. The summed E-state index contributed by atoms with van der Waals surface area (Å²) in [5.74, 6) is 0. The summed E-state index contributed by atoms with van der Waals surface area (Å²) in [7, 11) is 1.89. The van der Waals surface area contributed by atoms with E-state index >= 15 is 0 Å². The molecule has 92 valence electrons. The Morgan fingerprint density at radius 3 is 2.56 bits per heavy atom. The highest BCUT2D eigenvalue weighted by Gasteiger charge is 2.15. The van der Waals surface area contributed by atoms with Crippen molar-refractivity contribution in [2.45, 2.75) is 39.3 Å². The van der Waals surface area contributed by atoms with Crippen LogP contribution in [0.25, 0.3) is 0 Å². The van der Waals surface area contributed by atoms with E-state index in [-0.39, 0.29) is 0 Å². The molecule has 1 aromatic heterocycles. The zero-order valence-corrected chi connectivity index (χ0v) is 10.6. The van der Waals surface area contributed by atoms with Crippen LogP contribution in [0.3, 0.4) is 0 Å². The molecule has 1 heterocycles. The van der Waals surface area contributed by atoms with Crippen LogP contribution in [-0.4, -0.2) is 39.0 Å². The predicted octanol–water partition coefficient (Wildman–Crippen LogP) is 0.764. The molecule has 0 aromatic carbocycles. The second kappa shape index (κ2) is 6.60. The Bertz CT molecular complexity index is 292. The minimum atomic E-state index is 0.588. The molecule has 0 atom stereocenters. The maximum atomic E-state index is 5.65. The van der Waals surface area contributed by atoms with Gasteiger partial charge in [-0.1, -0.05) is 19.1 Å². The number of hydrogen-bond donors (Lipinski definition) is 1. The number of nitrogens with two attached hydrogens (primary N) is 1. The van der Waals surface area contributed by atoms with Crippen molar-refractivity contribution in [1.82, 2.24) is 19.9 Å². The Labute approximate surface area is 97.6 Å². The van der Waals surface area contributed by atoms with Crippen molar-refractivity contribution in [1.29, 1.82) is 0 Å². The normalized spacial score (nSPS) is 11.6. The monoisotopic (exact) mass is 225 g/mol. The molecule has 2 N–H and O–H groups in total. The smallest absolute Gasteiger partial charge is 0.0967 e. The Morgan fingerprint density at radius 2 is 2.12 bits per heavy atom. The number of rotatable bonds is 7. The van der Waals surface area contributed by atoms with Gasteiger partial charge >= 0.3 is 0 Å². The van der Waals surface area contributed by atoms with Crippen LogP contribution >= 0.6 is 0 Å². The summed E-state index contributed by atoms with van der Waals surface area (Å²) in [4.78, 5) is 2.39. The number of hydrogen-bond acceptors (Lipinski definition) is 4. The molecule has 0 aliphatic rings. The van der Waals surface area contributed by atoms with Crippen molar-refractivity contribution in [3.05, 3.63) is 11.9 Å². The van der Waals surface area contributed by atoms with Crippen molar-refractivity contribution in [3.63, 3.8) is 0 Å². The second-order valence-electron chi connectivity index (χ2n) is 4.11. The first-order valence-corrected chi connectivity index (χ1v) is 6.00. The fourth-order valence-electron chi connectivity index (χ4n) is 2.04. The fourth-order valence-corrected chi connectivity index (χ4v) is 2.04. The molecule has 16 heavy (non-hydrogen) atoms. The van der Waals surface area contributed by atoms with Gasteiger partial charge in [-0.05, 0) is 12.8 Å². The molecule has 1 aromatic rings. The van der Waals surface area contributed by atoms with Crippen LogP contribution in [0.4, 0.5) is 0 Å². The Kier molecular flexibility index (Phi) is 5.42. The Hall–Kier alpha value is -0.940. The highest BCUT2D eigenvalue weighted by atomic mass is 15.4. The van der Waals surface area contributed by atoms with Crippen LogP contribution in [-0.2, 0) is 13.6 Å². The molecule has 0 unspecified atom stereocenters.